The molecule has 2 heteroatoms. The molecular formula is C22H33NO. The molecule has 3 aliphatic rings. The first kappa shape index (κ1) is 16.4. The molecule has 1 saturated heterocycles. The topological polar surface area (TPSA) is 23.5 Å². The molecule has 1 aromatic carbocycles. The number of hydrogen-bond acceptors (Lipinski definition) is 2. The number of fused-ring (bicyclic) bond motifs is 2. The smallest absolute Gasteiger partial charge is 0.115 e. The predicted molar refractivity (Wildman–Crippen MR) is 99.3 cm³/mol. The lowest BCUT2D eigenvalue weighted by molar-refractivity contribution is 0.139. The molecule has 2 atom stereocenters. The van der Waals surface area contributed by atoms with Crippen molar-refractivity contribution in [1.82, 2.24) is 4.90 Å². The van der Waals surface area contributed by atoms with Crippen molar-refractivity contribution in [2.45, 2.75) is 63.7 Å². The zero-order valence-corrected chi connectivity index (χ0v) is 15.0. The molecule has 3 fully saturated rings. The Morgan fingerprint density at radius 1 is 0.958 bits per heavy atom. The average molecular weight is 328 g/mol. The highest BCUT2D eigenvalue weighted by atomic mass is 16.3. The lowest BCUT2D eigenvalue weighted by Crippen LogP contribution is -2.41. The van der Waals surface area contributed by atoms with E-state index in [2.05, 4.69) is 11.0 Å². The van der Waals surface area contributed by atoms with Gasteiger partial charge in [0.05, 0.1) is 0 Å². The number of rotatable bonds is 5. The van der Waals surface area contributed by atoms with Gasteiger partial charge in [0.15, 0.2) is 0 Å². The second-order valence-electron chi connectivity index (χ2n) is 8.62. The van der Waals surface area contributed by atoms with Gasteiger partial charge in [-0.05, 0) is 73.6 Å². The second-order valence-corrected chi connectivity index (χ2v) is 8.62. The molecule has 2 saturated carbocycles. The highest BCUT2D eigenvalue weighted by Gasteiger charge is 2.42. The first-order chi connectivity index (χ1) is 11.8. The molecular weight excluding hydrogens is 294 g/mol. The van der Waals surface area contributed by atoms with Crippen LogP contribution in [0.25, 0.3) is 0 Å². The number of benzene rings is 1. The molecule has 1 N–H and O–H groups in total. The van der Waals surface area contributed by atoms with Crippen molar-refractivity contribution in [2.24, 2.45) is 17.8 Å². The van der Waals surface area contributed by atoms with Crippen LogP contribution < -0.4 is 0 Å². The maximum absolute atomic E-state index is 9.82. The Labute approximate surface area is 147 Å². The van der Waals surface area contributed by atoms with E-state index in [4.69, 9.17) is 0 Å². The number of likely N-dealkylation sites (tertiary alicyclic amines) is 1. The van der Waals surface area contributed by atoms with Gasteiger partial charge in [-0.15, -0.1) is 0 Å². The Morgan fingerprint density at radius 3 is 2.42 bits per heavy atom. The van der Waals surface area contributed by atoms with Crippen LogP contribution in [-0.4, -0.2) is 29.6 Å². The van der Waals surface area contributed by atoms with Crippen LogP contribution in [0.4, 0.5) is 0 Å². The van der Waals surface area contributed by atoms with Crippen LogP contribution in [0, 0.1) is 17.8 Å². The van der Waals surface area contributed by atoms with Crippen molar-refractivity contribution in [2.75, 3.05) is 19.6 Å². The van der Waals surface area contributed by atoms with E-state index in [1.807, 2.05) is 12.1 Å². The fraction of sp³-hybridized carbons (Fsp3) is 0.727. The number of nitrogens with zero attached hydrogens (tertiary/aromatic N) is 1. The van der Waals surface area contributed by atoms with Crippen molar-refractivity contribution in [3.8, 4) is 5.75 Å². The van der Waals surface area contributed by atoms with E-state index in [0.29, 0.717) is 11.7 Å². The maximum Gasteiger partial charge on any atom is 0.115 e. The van der Waals surface area contributed by atoms with Gasteiger partial charge in [-0.1, -0.05) is 44.2 Å². The van der Waals surface area contributed by atoms with Crippen molar-refractivity contribution in [1.29, 1.82) is 0 Å². The number of hydrogen-bond donors (Lipinski definition) is 1. The van der Waals surface area contributed by atoms with E-state index in [0.717, 1.165) is 17.8 Å². The highest BCUT2D eigenvalue weighted by molar-refractivity contribution is 5.32. The zero-order valence-electron chi connectivity index (χ0n) is 15.0. The lowest BCUT2D eigenvalue weighted by atomic mass is 9.79. The molecule has 1 aromatic rings. The monoisotopic (exact) mass is 327 g/mol. The molecule has 2 unspecified atom stereocenters. The average Bonchev–Trinajstić information content (AvgIpc) is 2.87. The summed E-state index contributed by atoms with van der Waals surface area (Å²) < 4.78 is 0. The van der Waals surface area contributed by atoms with E-state index >= 15 is 0 Å². The van der Waals surface area contributed by atoms with Crippen LogP contribution >= 0.6 is 0 Å². The molecule has 1 aliphatic heterocycles. The van der Waals surface area contributed by atoms with Gasteiger partial charge in [-0.25, -0.2) is 0 Å². The van der Waals surface area contributed by atoms with Gasteiger partial charge in [0.1, 0.15) is 5.75 Å². The van der Waals surface area contributed by atoms with Crippen molar-refractivity contribution in [3.63, 3.8) is 0 Å². The molecule has 2 bridgehead atoms. The molecule has 0 spiro atoms. The third-order valence-corrected chi connectivity index (χ3v) is 6.98. The molecule has 2 nitrogen and oxygen atoms in total. The van der Waals surface area contributed by atoms with Crippen molar-refractivity contribution >= 4 is 0 Å². The molecule has 0 radical (unpaired) electrons. The van der Waals surface area contributed by atoms with Crippen LogP contribution in [0.2, 0.25) is 0 Å². The maximum atomic E-state index is 9.82. The van der Waals surface area contributed by atoms with E-state index < -0.39 is 0 Å². The van der Waals surface area contributed by atoms with Crippen LogP contribution in [0.5, 0.6) is 5.75 Å². The summed E-state index contributed by atoms with van der Waals surface area (Å²) in [6, 6.07) is 8.05. The van der Waals surface area contributed by atoms with Gasteiger partial charge in [0.2, 0.25) is 0 Å². The molecule has 132 valence electrons. The standard InChI is InChI=1S/C22H33NO/c24-21-10-4-9-18(14-21)22-19-11-12-20(22)16-23(15-19)13-5-8-17-6-2-1-3-7-17/h4,9-10,14,17,19-20,22,24H,1-3,5-8,11-13,15-16H2. The van der Waals surface area contributed by atoms with Crippen LogP contribution in [0.15, 0.2) is 24.3 Å². The van der Waals surface area contributed by atoms with Crippen LogP contribution in [0.3, 0.4) is 0 Å². The Kier molecular flexibility index (Phi) is 5.12. The summed E-state index contributed by atoms with van der Waals surface area (Å²) in [7, 11) is 0. The fourth-order valence-corrected chi connectivity index (χ4v) is 5.86. The van der Waals surface area contributed by atoms with Crippen molar-refractivity contribution < 1.29 is 5.11 Å². The summed E-state index contributed by atoms with van der Waals surface area (Å²) in [5, 5.41) is 9.82. The molecule has 0 aromatic heterocycles. The molecule has 4 rings (SSSR count). The summed E-state index contributed by atoms with van der Waals surface area (Å²) in [5.41, 5.74) is 1.38. The summed E-state index contributed by atoms with van der Waals surface area (Å²) >= 11 is 0. The Bertz CT molecular complexity index is 523. The van der Waals surface area contributed by atoms with Gasteiger partial charge < -0.3 is 10.0 Å². The Morgan fingerprint density at radius 2 is 1.71 bits per heavy atom. The summed E-state index contributed by atoms with van der Waals surface area (Å²) in [6.45, 7) is 3.87. The van der Waals surface area contributed by atoms with Gasteiger partial charge in [-0.3, -0.25) is 0 Å². The number of phenols is 1. The third-order valence-electron chi connectivity index (χ3n) is 6.98. The minimum Gasteiger partial charge on any atom is -0.508 e. The lowest BCUT2D eigenvalue weighted by Gasteiger charge is -2.38. The Hall–Kier alpha value is -1.02. The van der Waals surface area contributed by atoms with E-state index in [9.17, 15) is 5.11 Å². The van der Waals surface area contributed by atoms with E-state index in [1.165, 1.54) is 83.0 Å². The number of phenolic OH excluding ortho intramolecular Hbond substituents is 1. The van der Waals surface area contributed by atoms with Gasteiger partial charge >= 0.3 is 0 Å². The second kappa shape index (κ2) is 7.47. The SMILES string of the molecule is Oc1cccc(C2C3CCC2CN(CCCC2CCCCC2)C3)c1. The molecule has 0 amide bonds. The van der Waals surface area contributed by atoms with Gasteiger partial charge in [-0.2, -0.15) is 0 Å². The molecule has 1 heterocycles. The van der Waals surface area contributed by atoms with Gasteiger partial charge in [0, 0.05) is 13.1 Å². The minimum absolute atomic E-state index is 0.432. The Balaban J connectivity index is 1.29. The predicted octanol–water partition coefficient (Wildman–Crippen LogP) is 5.18. The quantitative estimate of drug-likeness (QED) is 0.805. The summed E-state index contributed by atoms with van der Waals surface area (Å²) in [4.78, 5) is 2.75. The minimum atomic E-state index is 0.432. The van der Waals surface area contributed by atoms with Crippen LogP contribution in [-0.2, 0) is 0 Å². The first-order valence-electron chi connectivity index (χ1n) is 10.3. The first-order valence-corrected chi connectivity index (χ1v) is 10.3. The molecule has 2 aliphatic carbocycles. The highest BCUT2D eigenvalue weighted by Crippen LogP contribution is 2.48. The number of aromatic hydroxyl groups is 1. The zero-order chi connectivity index (χ0) is 16.4. The summed E-state index contributed by atoms with van der Waals surface area (Å²) in [6.07, 6.45) is 13.0. The third kappa shape index (κ3) is 3.64. The normalized spacial score (nSPS) is 31.4. The van der Waals surface area contributed by atoms with Crippen molar-refractivity contribution in [3.05, 3.63) is 29.8 Å². The largest absolute Gasteiger partial charge is 0.508 e. The number of piperidine rings is 1. The van der Waals surface area contributed by atoms with E-state index in [1.54, 1.807) is 6.07 Å². The van der Waals surface area contributed by atoms with Gasteiger partial charge in [0.25, 0.3) is 0 Å². The summed E-state index contributed by atoms with van der Waals surface area (Å²) in [5.74, 6) is 3.76. The fourth-order valence-electron chi connectivity index (χ4n) is 5.86. The van der Waals surface area contributed by atoms with Crippen LogP contribution in [0.1, 0.15) is 69.3 Å². The molecule has 24 heavy (non-hydrogen) atoms. The van der Waals surface area contributed by atoms with E-state index in [-0.39, 0.29) is 0 Å².